The van der Waals surface area contributed by atoms with E-state index in [9.17, 15) is 13.2 Å². The fourth-order valence-corrected chi connectivity index (χ4v) is 5.65. The van der Waals surface area contributed by atoms with Crippen LogP contribution in [0.2, 0.25) is 0 Å². The molecule has 10 heteroatoms. The molecule has 0 spiro atoms. The van der Waals surface area contributed by atoms with Gasteiger partial charge in [0, 0.05) is 37.9 Å². The number of amides is 1. The van der Waals surface area contributed by atoms with Gasteiger partial charge in [0.05, 0.1) is 31.9 Å². The molecule has 1 amide bonds. The van der Waals surface area contributed by atoms with Crippen molar-refractivity contribution in [1.29, 1.82) is 0 Å². The number of ether oxygens (including phenoxy) is 3. The van der Waals surface area contributed by atoms with E-state index in [1.807, 2.05) is 24.3 Å². The highest BCUT2D eigenvalue weighted by Gasteiger charge is 2.29. The topological polar surface area (TPSA) is 97.4 Å². The first-order chi connectivity index (χ1) is 18.3. The second-order valence-corrected chi connectivity index (χ2v) is 10.5. The van der Waals surface area contributed by atoms with Crippen LogP contribution in [0.15, 0.2) is 77.7 Å². The SMILES string of the molecule is COc1ccc(/C=C/C(=O)Nc2ccc(S(=O)(=O)N3CCN(c4ccccc4OC)CC3)cc2)cc1OC. The Morgan fingerprint density at radius 2 is 1.47 bits per heavy atom. The number of nitrogens with zero attached hydrogens (tertiary/aromatic N) is 2. The van der Waals surface area contributed by atoms with Gasteiger partial charge in [0.25, 0.3) is 0 Å². The molecule has 1 N–H and O–H groups in total. The minimum Gasteiger partial charge on any atom is -0.495 e. The van der Waals surface area contributed by atoms with Crippen LogP contribution >= 0.6 is 0 Å². The van der Waals surface area contributed by atoms with Crippen molar-refractivity contribution in [3.05, 3.63) is 78.4 Å². The van der Waals surface area contributed by atoms with Crippen LogP contribution in [0, 0.1) is 0 Å². The summed E-state index contributed by atoms with van der Waals surface area (Å²) in [6.07, 6.45) is 3.05. The zero-order valence-electron chi connectivity index (χ0n) is 21.6. The Bertz CT molecular complexity index is 1400. The Hall–Kier alpha value is -4.02. The Morgan fingerprint density at radius 1 is 0.816 bits per heavy atom. The summed E-state index contributed by atoms with van der Waals surface area (Å²) in [5.41, 5.74) is 2.21. The average Bonchev–Trinajstić information content (AvgIpc) is 2.96. The summed E-state index contributed by atoms with van der Waals surface area (Å²) in [6, 6.07) is 19.2. The van der Waals surface area contributed by atoms with Crippen molar-refractivity contribution < 1.29 is 27.4 Å². The smallest absolute Gasteiger partial charge is 0.248 e. The van der Waals surface area contributed by atoms with E-state index in [0.717, 1.165) is 17.0 Å². The lowest BCUT2D eigenvalue weighted by atomic mass is 10.2. The normalized spacial score (nSPS) is 14.3. The summed E-state index contributed by atoms with van der Waals surface area (Å²) in [5.74, 6) is 1.58. The number of sulfonamides is 1. The molecule has 4 rings (SSSR count). The molecule has 38 heavy (non-hydrogen) atoms. The summed E-state index contributed by atoms with van der Waals surface area (Å²) in [6.45, 7) is 1.83. The van der Waals surface area contributed by atoms with Gasteiger partial charge in [-0.15, -0.1) is 0 Å². The molecule has 0 unspecified atom stereocenters. The zero-order valence-corrected chi connectivity index (χ0v) is 22.4. The second-order valence-electron chi connectivity index (χ2n) is 8.52. The molecule has 1 fully saturated rings. The molecule has 1 saturated heterocycles. The van der Waals surface area contributed by atoms with E-state index in [1.54, 1.807) is 57.7 Å². The van der Waals surface area contributed by atoms with Crippen molar-refractivity contribution in [3.8, 4) is 17.2 Å². The van der Waals surface area contributed by atoms with E-state index in [0.29, 0.717) is 43.4 Å². The Morgan fingerprint density at radius 3 is 2.13 bits per heavy atom. The molecule has 0 aromatic heterocycles. The highest BCUT2D eigenvalue weighted by atomic mass is 32.2. The summed E-state index contributed by atoms with van der Waals surface area (Å²) in [4.78, 5) is 14.7. The number of rotatable bonds is 9. The Kier molecular flexibility index (Phi) is 8.55. The third-order valence-corrected chi connectivity index (χ3v) is 8.17. The first-order valence-electron chi connectivity index (χ1n) is 12.0. The van der Waals surface area contributed by atoms with Gasteiger partial charge in [0.2, 0.25) is 15.9 Å². The maximum Gasteiger partial charge on any atom is 0.248 e. The fourth-order valence-electron chi connectivity index (χ4n) is 4.23. The van der Waals surface area contributed by atoms with Crippen LogP contribution in [0.5, 0.6) is 17.2 Å². The molecule has 1 heterocycles. The molecule has 0 bridgehead atoms. The van der Waals surface area contributed by atoms with Crippen LogP contribution in [0.25, 0.3) is 6.08 Å². The largest absolute Gasteiger partial charge is 0.495 e. The van der Waals surface area contributed by atoms with Crippen molar-refractivity contribution in [3.63, 3.8) is 0 Å². The number of carbonyl (C=O) groups excluding carboxylic acids is 1. The predicted octanol–water partition coefficient (Wildman–Crippen LogP) is 3.88. The van der Waals surface area contributed by atoms with Gasteiger partial charge in [-0.25, -0.2) is 8.42 Å². The molecule has 0 saturated carbocycles. The molecule has 1 aliphatic rings. The molecule has 9 nitrogen and oxygen atoms in total. The van der Waals surface area contributed by atoms with E-state index in [2.05, 4.69) is 10.2 Å². The molecule has 0 atom stereocenters. The number of hydrogen-bond acceptors (Lipinski definition) is 7. The van der Waals surface area contributed by atoms with E-state index >= 15 is 0 Å². The second kappa shape index (κ2) is 12.0. The van der Waals surface area contributed by atoms with Gasteiger partial charge in [-0.2, -0.15) is 4.31 Å². The number of nitrogens with one attached hydrogen (secondary N) is 1. The third-order valence-electron chi connectivity index (χ3n) is 6.26. The first-order valence-corrected chi connectivity index (χ1v) is 13.5. The number of benzene rings is 3. The fraction of sp³-hybridized carbons (Fsp3) is 0.250. The molecule has 3 aromatic carbocycles. The van der Waals surface area contributed by atoms with E-state index in [4.69, 9.17) is 14.2 Å². The third kappa shape index (κ3) is 6.09. The number of methoxy groups -OCH3 is 3. The lowest BCUT2D eigenvalue weighted by molar-refractivity contribution is -0.111. The first kappa shape index (κ1) is 27.0. The number of para-hydroxylation sites is 2. The average molecular weight is 538 g/mol. The summed E-state index contributed by atoms with van der Waals surface area (Å²) >= 11 is 0. The van der Waals surface area contributed by atoms with Crippen LogP contribution in [-0.4, -0.2) is 66.1 Å². The number of hydrogen-bond donors (Lipinski definition) is 1. The lowest BCUT2D eigenvalue weighted by Gasteiger charge is -2.35. The maximum atomic E-state index is 13.2. The van der Waals surface area contributed by atoms with Gasteiger partial charge >= 0.3 is 0 Å². The van der Waals surface area contributed by atoms with E-state index < -0.39 is 10.0 Å². The van der Waals surface area contributed by atoms with Crippen LogP contribution in [0.3, 0.4) is 0 Å². The highest BCUT2D eigenvalue weighted by Crippen LogP contribution is 2.30. The standard InChI is InChI=1S/C28H31N3O6S/c1-35-25-7-5-4-6-24(25)30-16-18-31(19-17-30)38(33,34)23-12-10-22(11-13-23)29-28(32)15-9-21-8-14-26(36-2)27(20-21)37-3/h4-15,20H,16-19H2,1-3H3,(H,29,32)/b15-9+. The molecule has 1 aliphatic heterocycles. The van der Waals surface area contributed by atoms with Gasteiger partial charge in [-0.3, -0.25) is 4.79 Å². The number of piperazine rings is 1. The van der Waals surface area contributed by atoms with Gasteiger partial charge < -0.3 is 24.4 Å². The van der Waals surface area contributed by atoms with E-state index in [-0.39, 0.29) is 10.8 Å². The van der Waals surface area contributed by atoms with Crippen LogP contribution in [0.4, 0.5) is 11.4 Å². The monoisotopic (exact) mass is 537 g/mol. The van der Waals surface area contributed by atoms with E-state index in [1.165, 1.54) is 22.5 Å². The molecule has 0 radical (unpaired) electrons. The van der Waals surface area contributed by atoms with Gasteiger partial charge in [-0.1, -0.05) is 18.2 Å². The van der Waals surface area contributed by atoms with Crippen molar-refractivity contribution in [2.75, 3.05) is 57.7 Å². The van der Waals surface area contributed by atoms with Crippen LogP contribution < -0.4 is 24.4 Å². The minimum absolute atomic E-state index is 0.183. The highest BCUT2D eigenvalue weighted by molar-refractivity contribution is 7.89. The molecule has 0 aliphatic carbocycles. The summed E-state index contributed by atoms with van der Waals surface area (Å²) in [5, 5.41) is 2.75. The Labute approximate surface area is 223 Å². The van der Waals surface area contributed by atoms with Crippen molar-refractivity contribution in [1.82, 2.24) is 4.31 Å². The van der Waals surface area contributed by atoms with Gasteiger partial charge in [0.1, 0.15) is 5.75 Å². The van der Waals surface area contributed by atoms with Crippen molar-refractivity contribution in [2.24, 2.45) is 0 Å². The summed E-state index contributed by atoms with van der Waals surface area (Å²) < 4.78 is 43.8. The zero-order chi connectivity index (χ0) is 27.1. The van der Waals surface area contributed by atoms with Crippen molar-refractivity contribution >= 4 is 33.4 Å². The lowest BCUT2D eigenvalue weighted by Crippen LogP contribution is -2.48. The van der Waals surface area contributed by atoms with Crippen molar-refractivity contribution in [2.45, 2.75) is 4.90 Å². The number of anilines is 2. The summed E-state index contributed by atoms with van der Waals surface area (Å²) in [7, 11) is 1.07. The van der Waals surface area contributed by atoms with Crippen LogP contribution in [-0.2, 0) is 14.8 Å². The molecule has 200 valence electrons. The predicted molar refractivity (Wildman–Crippen MR) is 148 cm³/mol. The quantitative estimate of drug-likeness (QED) is 0.414. The molecular weight excluding hydrogens is 506 g/mol. The minimum atomic E-state index is -3.66. The van der Waals surface area contributed by atoms with Gasteiger partial charge in [0.15, 0.2) is 11.5 Å². The molecular formula is C28H31N3O6S. The number of carbonyl (C=O) groups is 1. The Balaban J connectivity index is 1.36. The van der Waals surface area contributed by atoms with Crippen LogP contribution in [0.1, 0.15) is 5.56 Å². The molecule has 3 aromatic rings. The van der Waals surface area contributed by atoms with Gasteiger partial charge in [-0.05, 0) is 60.2 Å². The maximum absolute atomic E-state index is 13.2.